The van der Waals surface area contributed by atoms with E-state index in [2.05, 4.69) is 17.2 Å². The molecule has 150 valence electrons. The van der Waals surface area contributed by atoms with Crippen LogP contribution in [0.5, 0.6) is 0 Å². The lowest BCUT2D eigenvalue weighted by Gasteiger charge is -2.35. The summed E-state index contributed by atoms with van der Waals surface area (Å²) < 4.78 is 1.98. The number of hydrogen-bond donors (Lipinski definition) is 1. The highest BCUT2D eigenvalue weighted by atomic mass is 16.2. The summed E-state index contributed by atoms with van der Waals surface area (Å²) in [6.07, 6.45) is 7.17. The second kappa shape index (κ2) is 8.87. The van der Waals surface area contributed by atoms with E-state index in [9.17, 15) is 9.59 Å². The molecule has 0 spiro atoms. The number of piperidine rings is 1. The van der Waals surface area contributed by atoms with Gasteiger partial charge in [0.1, 0.15) is 5.69 Å². The largest absolute Gasteiger partial charge is 0.348 e. The number of carbonyl (C=O) groups excluding carboxylic acids is 2. The van der Waals surface area contributed by atoms with Crippen molar-refractivity contribution in [3.63, 3.8) is 0 Å². The summed E-state index contributed by atoms with van der Waals surface area (Å²) in [5.41, 5.74) is 1.46. The van der Waals surface area contributed by atoms with Crippen molar-refractivity contribution in [2.45, 2.75) is 64.5 Å². The Morgan fingerprint density at radius 3 is 2.70 bits per heavy atom. The van der Waals surface area contributed by atoms with E-state index in [1.165, 1.54) is 6.42 Å². The Morgan fingerprint density at radius 1 is 1.19 bits per heavy atom. The van der Waals surface area contributed by atoms with Crippen LogP contribution in [0.15, 0.2) is 0 Å². The molecule has 0 bridgehead atoms. The first-order valence-electron chi connectivity index (χ1n) is 10.4. The van der Waals surface area contributed by atoms with Crippen molar-refractivity contribution in [1.29, 1.82) is 0 Å². The third-order valence-electron chi connectivity index (χ3n) is 5.73. The zero-order valence-corrected chi connectivity index (χ0v) is 17.0. The SMILES string of the molecule is CCC1CCCCN1C(=O)c1nc(C(=O)NCCN(C)C)n2c1CCCC2. The summed E-state index contributed by atoms with van der Waals surface area (Å²) in [6, 6.07) is 0.296. The molecule has 1 saturated heterocycles. The lowest BCUT2D eigenvalue weighted by atomic mass is 9.99. The molecule has 3 heterocycles. The van der Waals surface area contributed by atoms with Crippen LogP contribution in [-0.4, -0.2) is 70.9 Å². The van der Waals surface area contributed by atoms with Gasteiger partial charge in [-0.15, -0.1) is 0 Å². The van der Waals surface area contributed by atoms with Crippen LogP contribution < -0.4 is 5.32 Å². The predicted molar refractivity (Wildman–Crippen MR) is 105 cm³/mol. The first kappa shape index (κ1) is 19.9. The number of hydrogen-bond acceptors (Lipinski definition) is 4. The van der Waals surface area contributed by atoms with E-state index in [4.69, 9.17) is 0 Å². The molecule has 0 radical (unpaired) electrons. The van der Waals surface area contributed by atoms with Crippen LogP contribution in [0.4, 0.5) is 0 Å². The maximum atomic E-state index is 13.3. The van der Waals surface area contributed by atoms with Gasteiger partial charge in [-0.3, -0.25) is 9.59 Å². The Labute approximate surface area is 162 Å². The fourth-order valence-electron chi connectivity index (χ4n) is 4.19. The van der Waals surface area contributed by atoms with Crippen molar-refractivity contribution in [3.8, 4) is 0 Å². The van der Waals surface area contributed by atoms with E-state index in [0.29, 0.717) is 24.1 Å². The fourth-order valence-corrected chi connectivity index (χ4v) is 4.19. The quantitative estimate of drug-likeness (QED) is 0.825. The molecule has 1 aromatic heterocycles. The third-order valence-corrected chi connectivity index (χ3v) is 5.73. The molecule has 1 aromatic rings. The highest BCUT2D eigenvalue weighted by molar-refractivity contribution is 5.97. The van der Waals surface area contributed by atoms with Gasteiger partial charge in [-0.05, 0) is 59.0 Å². The minimum absolute atomic E-state index is 0.0135. The van der Waals surface area contributed by atoms with Crippen molar-refractivity contribution in [2.75, 3.05) is 33.7 Å². The topological polar surface area (TPSA) is 70.5 Å². The van der Waals surface area contributed by atoms with Gasteiger partial charge in [0.05, 0.1) is 5.69 Å². The molecule has 0 aliphatic carbocycles. The first-order chi connectivity index (χ1) is 13.0. The Morgan fingerprint density at radius 2 is 1.96 bits per heavy atom. The summed E-state index contributed by atoms with van der Waals surface area (Å²) in [5.74, 6) is 0.237. The van der Waals surface area contributed by atoms with E-state index in [1.807, 2.05) is 28.5 Å². The number of nitrogens with one attached hydrogen (secondary N) is 1. The van der Waals surface area contributed by atoms with E-state index in [-0.39, 0.29) is 11.8 Å². The average molecular weight is 376 g/mol. The van der Waals surface area contributed by atoms with Gasteiger partial charge < -0.3 is 19.7 Å². The van der Waals surface area contributed by atoms with Crippen molar-refractivity contribution in [1.82, 2.24) is 24.7 Å². The fraction of sp³-hybridized carbons (Fsp3) is 0.750. The molecule has 0 aromatic carbocycles. The second-order valence-electron chi connectivity index (χ2n) is 7.96. The van der Waals surface area contributed by atoms with Crippen molar-refractivity contribution in [2.24, 2.45) is 0 Å². The zero-order chi connectivity index (χ0) is 19.4. The smallest absolute Gasteiger partial charge is 0.287 e. The van der Waals surface area contributed by atoms with E-state index in [1.54, 1.807) is 0 Å². The minimum Gasteiger partial charge on any atom is -0.348 e. The number of fused-ring (bicyclic) bond motifs is 1. The molecule has 2 amide bonds. The standard InChI is InChI=1S/C20H33N5O2/c1-4-15-9-5-7-12-24(15)20(27)17-16-10-6-8-13-25(16)18(22-17)19(26)21-11-14-23(2)3/h15H,4-14H2,1-3H3,(H,21,26). The first-order valence-corrected chi connectivity index (χ1v) is 10.4. The summed E-state index contributed by atoms with van der Waals surface area (Å²) in [5, 5.41) is 2.94. The number of rotatable bonds is 6. The van der Waals surface area contributed by atoms with Gasteiger partial charge >= 0.3 is 0 Å². The van der Waals surface area contributed by atoms with Gasteiger partial charge in [0.15, 0.2) is 5.82 Å². The Balaban J connectivity index is 1.84. The normalized spacial score (nSPS) is 19.9. The van der Waals surface area contributed by atoms with Gasteiger partial charge in [-0.25, -0.2) is 4.98 Å². The molecule has 7 heteroatoms. The molecule has 3 rings (SSSR count). The van der Waals surface area contributed by atoms with Crippen molar-refractivity contribution >= 4 is 11.8 Å². The number of likely N-dealkylation sites (N-methyl/N-ethyl adjacent to an activating group) is 1. The molecule has 1 N–H and O–H groups in total. The van der Waals surface area contributed by atoms with Crippen LogP contribution in [0.3, 0.4) is 0 Å². The van der Waals surface area contributed by atoms with E-state index < -0.39 is 0 Å². The number of imidazole rings is 1. The Bertz CT molecular complexity index is 682. The molecule has 27 heavy (non-hydrogen) atoms. The van der Waals surface area contributed by atoms with E-state index >= 15 is 0 Å². The molecule has 1 fully saturated rings. The predicted octanol–water partition coefficient (Wildman–Crippen LogP) is 1.92. The molecule has 7 nitrogen and oxygen atoms in total. The lowest BCUT2D eigenvalue weighted by molar-refractivity contribution is 0.0600. The lowest BCUT2D eigenvalue weighted by Crippen LogP contribution is -2.44. The van der Waals surface area contributed by atoms with Crippen molar-refractivity contribution < 1.29 is 9.59 Å². The van der Waals surface area contributed by atoms with E-state index in [0.717, 1.165) is 63.9 Å². The van der Waals surface area contributed by atoms with Crippen LogP contribution >= 0.6 is 0 Å². The van der Waals surface area contributed by atoms with Crippen LogP contribution in [0.1, 0.15) is 72.3 Å². The summed E-state index contributed by atoms with van der Waals surface area (Å²) in [7, 11) is 3.95. The third kappa shape index (κ3) is 4.34. The van der Waals surface area contributed by atoms with Gasteiger partial charge in [0.2, 0.25) is 0 Å². The van der Waals surface area contributed by atoms with Crippen LogP contribution in [0, 0.1) is 0 Å². The van der Waals surface area contributed by atoms with Gasteiger partial charge in [-0.2, -0.15) is 0 Å². The number of carbonyl (C=O) groups is 2. The van der Waals surface area contributed by atoms with Crippen LogP contribution in [0.2, 0.25) is 0 Å². The second-order valence-corrected chi connectivity index (χ2v) is 7.96. The number of aromatic nitrogens is 2. The summed E-state index contributed by atoms with van der Waals surface area (Å²) in [4.78, 5) is 34.6. The number of amides is 2. The Hall–Kier alpha value is -1.89. The Kier molecular flexibility index (Phi) is 6.52. The molecule has 2 aliphatic rings. The number of likely N-dealkylation sites (tertiary alicyclic amines) is 1. The maximum Gasteiger partial charge on any atom is 0.287 e. The highest BCUT2D eigenvalue weighted by Gasteiger charge is 2.33. The van der Waals surface area contributed by atoms with Crippen LogP contribution in [-0.2, 0) is 13.0 Å². The van der Waals surface area contributed by atoms with Gasteiger partial charge in [-0.1, -0.05) is 6.92 Å². The molecule has 2 aliphatic heterocycles. The molecule has 1 atom stereocenters. The van der Waals surface area contributed by atoms with Gasteiger partial charge in [0, 0.05) is 32.2 Å². The van der Waals surface area contributed by atoms with Gasteiger partial charge in [0.25, 0.3) is 11.8 Å². The zero-order valence-electron chi connectivity index (χ0n) is 17.0. The molecule has 0 saturated carbocycles. The minimum atomic E-state index is -0.176. The molecular weight excluding hydrogens is 342 g/mol. The summed E-state index contributed by atoms with van der Waals surface area (Å²) >= 11 is 0. The number of nitrogens with zero attached hydrogens (tertiary/aromatic N) is 4. The van der Waals surface area contributed by atoms with Crippen LogP contribution in [0.25, 0.3) is 0 Å². The summed E-state index contributed by atoms with van der Waals surface area (Å²) in [6.45, 7) is 5.05. The highest BCUT2D eigenvalue weighted by Crippen LogP contribution is 2.26. The average Bonchev–Trinajstić information content (AvgIpc) is 3.07. The maximum absolute atomic E-state index is 13.3. The molecular formula is C20H33N5O2. The monoisotopic (exact) mass is 375 g/mol. The van der Waals surface area contributed by atoms with Crippen molar-refractivity contribution in [3.05, 3.63) is 17.2 Å². The molecule has 1 unspecified atom stereocenters.